The molecule has 3 rings (SSSR count). The molecule has 1 saturated heterocycles. The predicted molar refractivity (Wildman–Crippen MR) is 106 cm³/mol. The van der Waals surface area contributed by atoms with Crippen LogP contribution in [0.15, 0.2) is 59.5 Å². The van der Waals surface area contributed by atoms with Gasteiger partial charge >= 0.3 is 0 Å². The largest absolute Gasteiger partial charge is 0.349 e. The zero-order chi connectivity index (χ0) is 19.4. The Labute approximate surface area is 161 Å². The number of aryl methyl sites for hydroxylation is 1. The lowest BCUT2D eigenvalue weighted by molar-refractivity contribution is -0.126. The second-order valence-electron chi connectivity index (χ2n) is 7.13. The fourth-order valence-corrected chi connectivity index (χ4v) is 4.84. The summed E-state index contributed by atoms with van der Waals surface area (Å²) in [6.45, 7) is 4.63. The summed E-state index contributed by atoms with van der Waals surface area (Å²) in [6, 6.07) is 16.7. The lowest BCUT2D eigenvalue weighted by Crippen LogP contribution is -2.43. The van der Waals surface area contributed by atoms with Crippen molar-refractivity contribution in [1.82, 2.24) is 9.62 Å². The molecule has 2 aromatic carbocycles. The van der Waals surface area contributed by atoms with E-state index in [2.05, 4.69) is 5.32 Å². The van der Waals surface area contributed by atoms with Crippen LogP contribution in [0.5, 0.6) is 0 Å². The van der Waals surface area contributed by atoms with Crippen molar-refractivity contribution in [1.29, 1.82) is 0 Å². The number of nitrogens with one attached hydrogen (secondary N) is 1. The number of amides is 1. The summed E-state index contributed by atoms with van der Waals surface area (Å²) in [6.07, 6.45) is 1.08. The molecule has 1 N–H and O–H groups in total. The Hall–Kier alpha value is -2.18. The van der Waals surface area contributed by atoms with Gasteiger partial charge in [-0.1, -0.05) is 48.0 Å². The van der Waals surface area contributed by atoms with Gasteiger partial charge in [0, 0.05) is 19.0 Å². The Morgan fingerprint density at radius 1 is 1.04 bits per heavy atom. The normalized spacial score (nSPS) is 17.4. The molecule has 1 aliphatic heterocycles. The van der Waals surface area contributed by atoms with E-state index in [1.54, 1.807) is 24.3 Å². The molecule has 0 saturated carbocycles. The first-order valence-electron chi connectivity index (χ1n) is 9.30. The van der Waals surface area contributed by atoms with Crippen LogP contribution in [0.4, 0.5) is 0 Å². The summed E-state index contributed by atoms with van der Waals surface area (Å²) in [4.78, 5) is 12.9. The van der Waals surface area contributed by atoms with Crippen molar-refractivity contribution in [2.24, 2.45) is 5.92 Å². The highest BCUT2D eigenvalue weighted by atomic mass is 32.2. The van der Waals surface area contributed by atoms with Crippen LogP contribution in [0.3, 0.4) is 0 Å². The summed E-state index contributed by atoms with van der Waals surface area (Å²) in [5.74, 6) is -0.153. The van der Waals surface area contributed by atoms with Crippen LogP contribution < -0.4 is 5.32 Å². The first kappa shape index (κ1) is 19.6. The number of rotatable bonds is 5. The number of hydrogen-bond donors (Lipinski definition) is 1. The quantitative estimate of drug-likeness (QED) is 0.858. The molecular weight excluding hydrogens is 360 g/mol. The minimum Gasteiger partial charge on any atom is -0.349 e. The highest BCUT2D eigenvalue weighted by Gasteiger charge is 2.32. The van der Waals surface area contributed by atoms with Crippen molar-refractivity contribution in [2.45, 2.75) is 37.6 Å². The van der Waals surface area contributed by atoms with E-state index in [0.717, 1.165) is 11.1 Å². The van der Waals surface area contributed by atoms with Gasteiger partial charge in [0.05, 0.1) is 10.9 Å². The third-order valence-electron chi connectivity index (χ3n) is 5.14. The van der Waals surface area contributed by atoms with Crippen LogP contribution in [-0.2, 0) is 14.8 Å². The van der Waals surface area contributed by atoms with E-state index in [0.29, 0.717) is 30.8 Å². The fraction of sp³-hybridized carbons (Fsp3) is 0.381. The molecule has 1 heterocycles. The molecule has 27 heavy (non-hydrogen) atoms. The van der Waals surface area contributed by atoms with Gasteiger partial charge in [0.15, 0.2) is 0 Å². The summed E-state index contributed by atoms with van der Waals surface area (Å²) >= 11 is 0. The van der Waals surface area contributed by atoms with E-state index in [4.69, 9.17) is 0 Å². The zero-order valence-corrected chi connectivity index (χ0v) is 16.6. The van der Waals surface area contributed by atoms with E-state index in [1.165, 1.54) is 4.31 Å². The summed E-state index contributed by atoms with van der Waals surface area (Å²) in [7, 11) is -3.49. The molecule has 2 aromatic rings. The molecular formula is C21H26N2O3S. The predicted octanol–water partition coefficient (Wildman–Crippen LogP) is 3.27. The Morgan fingerprint density at radius 2 is 1.63 bits per heavy atom. The summed E-state index contributed by atoms with van der Waals surface area (Å²) in [5, 5.41) is 3.05. The smallest absolute Gasteiger partial charge is 0.243 e. The molecule has 144 valence electrons. The third-order valence-corrected chi connectivity index (χ3v) is 7.05. The summed E-state index contributed by atoms with van der Waals surface area (Å²) < 4.78 is 27.0. The lowest BCUT2D eigenvalue weighted by Gasteiger charge is -2.31. The Morgan fingerprint density at radius 3 is 2.22 bits per heavy atom. The number of piperidine rings is 1. The number of benzene rings is 2. The van der Waals surface area contributed by atoms with Crippen molar-refractivity contribution in [3.63, 3.8) is 0 Å². The second kappa shape index (κ2) is 8.23. The first-order chi connectivity index (χ1) is 12.9. The van der Waals surface area contributed by atoms with Gasteiger partial charge in [-0.15, -0.1) is 0 Å². The fourth-order valence-electron chi connectivity index (χ4n) is 3.37. The standard InChI is InChI=1S/C21H26N2O3S/c1-16-8-10-20(11-9-16)27(25,26)23-14-12-19(13-15-23)21(24)22-17(2)18-6-4-3-5-7-18/h3-11,17,19H,12-15H2,1-2H3,(H,22,24)/t17-/m1/s1. The highest BCUT2D eigenvalue weighted by Crippen LogP contribution is 2.25. The lowest BCUT2D eigenvalue weighted by atomic mass is 9.96. The molecule has 1 aliphatic rings. The average Bonchev–Trinajstić information content (AvgIpc) is 2.69. The Balaban J connectivity index is 1.58. The summed E-state index contributed by atoms with van der Waals surface area (Å²) in [5.41, 5.74) is 2.09. The molecule has 1 fully saturated rings. The Kier molecular flexibility index (Phi) is 5.97. The monoisotopic (exact) mass is 386 g/mol. The average molecular weight is 387 g/mol. The van der Waals surface area contributed by atoms with Crippen molar-refractivity contribution < 1.29 is 13.2 Å². The number of nitrogens with zero attached hydrogens (tertiary/aromatic N) is 1. The second-order valence-corrected chi connectivity index (χ2v) is 9.07. The van der Waals surface area contributed by atoms with Crippen LogP contribution in [0.25, 0.3) is 0 Å². The third kappa shape index (κ3) is 4.57. The molecule has 5 nitrogen and oxygen atoms in total. The Bertz CT molecular complexity index is 871. The van der Waals surface area contributed by atoms with Crippen LogP contribution in [0.1, 0.15) is 36.9 Å². The maximum Gasteiger partial charge on any atom is 0.243 e. The molecule has 0 radical (unpaired) electrons. The van der Waals surface area contributed by atoms with Gasteiger partial charge in [-0.2, -0.15) is 4.31 Å². The maximum atomic E-state index is 12.8. The van der Waals surface area contributed by atoms with Crippen LogP contribution in [-0.4, -0.2) is 31.7 Å². The van der Waals surface area contributed by atoms with E-state index in [9.17, 15) is 13.2 Å². The van der Waals surface area contributed by atoms with Gasteiger partial charge in [-0.25, -0.2) is 8.42 Å². The molecule has 1 amide bonds. The number of hydrogen-bond acceptors (Lipinski definition) is 3. The minimum absolute atomic E-state index is 0.00117. The van der Waals surface area contributed by atoms with Crippen molar-refractivity contribution >= 4 is 15.9 Å². The van der Waals surface area contributed by atoms with E-state index >= 15 is 0 Å². The highest BCUT2D eigenvalue weighted by molar-refractivity contribution is 7.89. The van der Waals surface area contributed by atoms with E-state index in [1.807, 2.05) is 44.2 Å². The molecule has 1 atom stereocenters. The van der Waals surface area contributed by atoms with Gasteiger partial charge in [0.2, 0.25) is 15.9 Å². The molecule has 6 heteroatoms. The first-order valence-corrected chi connectivity index (χ1v) is 10.7. The van der Waals surface area contributed by atoms with Crippen molar-refractivity contribution in [3.8, 4) is 0 Å². The molecule has 0 aromatic heterocycles. The SMILES string of the molecule is Cc1ccc(S(=O)(=O)N2CCC(C(=O)N[C@H](C)c3ccccc3)CC2)cc1. The molecule has 0 unspecified atom stereocenters. The van der Waals surface area contributed by atoms with Gasteiger partial charge in [-0.05, 0) is 44.4 Å². The topological polar surface area (TPSA) is 66.5 Å². The van der Waals surface area contributed by atoms with Gasteiger partial charge in [-0.3, -0.25) is 4.79 Å². The number of carbonyl (C=O) groups excluding carboxylic acids is 1. The molecule has 0 aliphatic carbocycles. The molecule has 0 bridgehead atoms. The van der Waals surface area contributed by atoms with Crippen LogP contribution >= 0.6 is 0 Å². The van der Waals surface area contributed by atoms with Gasteiger partial charge in [0.25, 0.3) is 0 Å². The van der Waals surface area contributed by atoms with E-state index < -0.39 is 10.0 Å². The van der Waals surface area contributed by atoms with E-state index in [-0.39, 0.29) is 17.9 Å². The maximum absolute atomic E-state index is 12.8. The van der Waals surface area contributed by atoms with Crippen molar-refractivity contribution in [3.05, 3.63) is 65.7 Å². The number of sulfonamides is 1. The van der Waals surface area contributed by atoms with Crippen LogP contribution in [0.2, 0.25) is 0 Å². The minimum atomic E-state index is -3.49. The van der Waals surface area contributed by atoms with Gasteiger partial charge in [0.1, 0.15) is 0 Å². The molecule has 0 spiro atoms. The van der Waals surface area contributed by atoms with Gasteiger partial charge < -0.3 is 5.32 Å². The zero-order valence-electron chi connectivity index (χ0n) is 15.8. The van der Waals surface area contributed by atoms with Crippen LogP contribution in [0, 0.1) is 12.8 Å². The van der Waals surface area contributed by atoms with Crippen molar-refractivity contribution in [2.75, 3.05) is 13.1 Å². The number of carbonyl (C=O) groups is 1.